The van der Waals surface area contributed by atoms with E-state index < -0.39 is 11.7 Å². The Labute approximate surface area is 113 Å². The SMILES string of the molecule is O=C(Nc1n[nH]c2ccccc12)c1ccc(O)cc1F. The second-order valence-electron chi connectivity index (χ2n) is 4.24. The van der Waals surface area contributed by atoms with Crippen LogP contribution in [-0.2, 0) is 0 Å². The molecule has 0 saturated heterocycles. The van der Waals surface area contributed by atoms with E-state index in [0.717, 1.165) is 17.0 Å². The molecule has 0 radical (unpaired) electrons. The zero-order chi connectivity index (χ0) is 14.1. The second-order valence-corrected chi connectivity index (χ2v) is 4.24. The molecule has 20 heavy (non-hydrogen) atoms. The van der Waals surface area contributed by atoms with E-state index in [2.05, 4.69) is 15.5 Å². The maximum atomic E-state index is 13.6. The molecule has 3 aromatic rings. The lowest BCUT2D eigenvalue weighted by Gasteiger charge is -2.04. The molecule has 3 N–H and O–H groups in total. The first-order valence-corrected chi connectivity index (χ1v) is 5.88. The van der Waals surface area contributed by atoms with Crippen LogP contribution in [0.15, 0.2) is 42.5 Å². The van der Waals surface area contributed by atoms with Gasteiger partial charge >= 0.3 is 0 Å². The fourth-order valence-corrected chi connectivity index (χ4v) is 1.92. The molecule has 0 aliphatic heterocycles. The van der Waals surface area contributed by atoms with E-state index in [1.54, 1.807) is 6.07 Å². The highest BCUT2D eigenvalue weighted by Crippen LogP contribution is 2.21. The number of para-hydroxylation sites is 1. The fourth-order valence-electron chi connectivity index (χ4n) is 1.92. The zero-order valence-corrected chi connectivity index (χ0v) is 10.2. The van der Waals surface area contributed by atoms with Crippen molar-refractivity contribution in [2.24, 2.45) is 0 Å². The topological polar surface area (TPSA) is 78.0 Å². The molecule has 5 nitrogen and oxygen atoms in total. The predicted molar refractivity (Wildman–Crippen MR) is 72.1 cm³/mol. The highest BCUT2D eigenvalue weighted by atomic mass is 19.1. The first kappa shape index (κ1) is 12.2. The summed E-state index contributed by atoms with van der Waals surface area (Å²) in [6.07, 6.45) is 0. The van der Waals surface area contributed by atoms with Crippen molar-refractivity contribution in [2.45, 2.75) is 0 Å². The van der Waals surface area contributed by atoms with E-state index in [4.69, 9.17) is 5.11 Å². The molecule has 0 spiro atoms. The first-order chi connectivity index (χ1) is 9.65. The van der Waals surface area contributed by atoms with Crippen LogP contribution in [0.5, 0.6) is 5.75 Å². The van der Waals surface area contributed by atoms with Gasteiger partial charge in [-0.25, -0.2) is 4.39 Å². The Balaban J connectivity index is 1.92. The summed E-state index contributed by atoms with van der Waals surface area (Å²) >= 11 is 0. The van der Waals surface area contributed by atoms with E-state index in [-0.39, 0.29) is 11.3 Å². The number of hydrogen-bond acceptors (Lipinski definition) is 3. The molecule has 1 amide bonds. The molecule has 0 fully saturated rings. The van der Waals surface area contributed by atoms with Gasteiger partial charge in [-0.05, 0) is 24.3 Å². The lowest BCUT2D eigenvalue weighted by molar-refractivity contribution is 0.102. The number of H-pyrrole nitrogens is 1. The Morgan fingerprint density at radius 1 is 1.25 bits per heavy atom. The number of hydrogen-bond donors (Lipinski definition) is 3. The molecular weight excluding hydrogens is 261 g/mol. The molecule has 1 aromatic heterocycles. The molecule has 3 rings (SSSR count). The Kier molecular flexibility index (Phi) is 2.83. The Morgan fingerprint density at radius 3 is 2.85 bits per heavy atom. The Bertz CT molecular complexity index is 798. The third kappa shape index (κ3) is 2.07. The van der Waals surface area contributed by atoms with Gasteiger partial charge in [-0.2, -0.15) is 5.10 Å². The summed E-state index contributed by atoms with van der Waals surface area (Å²) in [5, 5.41) is 19.2. The van der Waals surface area contributed by atoms with Gasteiger partial charge in [-0.1, -0.05) is 12.1 Å². The van der Waals surface area contributed by atoms with Crippen LogP contribution >= 0.6 is 0 Å². The van der Waals surface area contributed by atoms with Gasteiger partial charge in [0.1, 0.15) is 11.6 Å². The average molecular weight is 271 g/mol. The van der Waals surface area contributed by atoms with Gasteiger partial charge < -0.3 is 10.4 Å². The van der Waals surface area contributed by atoms with Gasteiger partial charge in [0.15, 0.2) is 5.82 Å². The van der Waals surface area contributed by atoms with Crippen molar-refractivity contribution < 1.29 is 14.3 Å². The lowest BCUT2D eigenvalue weighted by Crippen LogP contribution is -2.14. The van der Waals surface area contributed by atoms with Crippen LogP contribution in [-0.4, -0.2) is 21.2 Å². The lowest BCUT2D eigenvalue weighted by atomic mass is 10.2. The van der Waals surface area contributed by atoms with Gasteiger partial charge in [0, 0.05) is 11.5 Å². The van der Waals surface area contributed by atoms with Crippen molar-refractivity contribution in [3.63, 3.8) is 0 Å². The maximum Gasteiger partial charge on any atom is 0.259 e. The highest BCUT2D eigenvalue weighted by Gasteiger charge is 2.15. The fraction of sp³-hybridized carbons (Fsp3) is 0. The van der Waals surface area contributed by atoms with E-state index in [1.807, 2.05) is 18.2 Å². The highest BCUT2D eigenvalue weighted by molar-refractivity contribution is 6.08. The molecule has 0 saturated carbocycles. The molecule has 0 unspecified atom stereocenters. The summed E-state index contributed by atoms with van der Waals surface area (Å²) in [5.41, 5.74) is 0.615. The van der Waals surface area contributed by atoms with Gasteiger partial charge in [0.25, 0.3) is 5.91 Å². The number of aromatic hydroxyl groups is 1. The number of nitrogens with one attached hydrogen (secondary N) is 2. The first-order valence-electron chi connectivity index (χ1n) is 5.88. The third-order valence-corrected chi connectivity index (χ3v) is 2.90. The molecule has 1 heterocycles. The van der Waals surface area contributed by atoms with Crippen LogP contribution in [0.25, 0.3) is 10.9 Å². The van der Waals surface area contributed by atoms with Crippen molar-refractivity contribution >= 4 is 22.6 Å². The van der Waals surface area contributed by atoms with Gasteiger partial charge in [-0.3, -0.25) is 9.89 Å². The maximum absolute atomic E-state index is 13.6. The monoisotopic (exact) mass is 271 g/mol. The Morgan fingerprint density at radius 2 is 2.05 bits per heavy atom. The van der Waals surface area contributed by atoms with Crippen LogP contribution in [0.2, 0.25) is 0 Å². The third-order valence-electron chi connectivity index (χ3n) is 2.90. The summed E-state index contributed by atoms with van der Waals surface area (Å²) < 4.78 is 13.6. The Hall–Kier alpha value is -2.89. The molecule has 0 aliphatic rings. The standard InChI is InChI=1S/C14H10FN3O2/c15-11-7-8(19)5-6-9(11)14(20)16-13-10-3-1-2-4-12(10)17-18-13/h1-7,19H,(H2,16,17,18,20). The largest absolute Gasteiger partial charge is 0.508 e. The minimum Gasteiger partial charge on any atom is -0.508 e. The number of rotatable bonds is 2. The number of phenols is 1. The van der Waals surface area contributed by atoms with Gasteiger partial charge in [0.2, 0.25) is 0 Å². The normalized spacial score (nSPS) is 10.7. The predicted octanol–water partition coefficient (Wildman–Crippen LogP) is 2.66. The minimum absolute atomic E-state index is 0.158. The molecule has 0 bridgehead atoms. The summed E-state index contributed by atoms with van der Waals surface area (Å²) in [4.78, 5) is 12.0. The quantitative estimate of drug-likeness (QED) is 0.670. The summed E-state index contributed by atoms with van der Waals surface area (Å²) in [7, 11) is 0. The van der Waals surface area contributed by atoms with E-state index in [0.29, 0.717) is 5.82 Å². The molecule has 100 valence electrons. The number of carbonyl (C=O) groups is 1. The second kappa shape index (κ2) is 4.65. The molecule has 2 aromatic carbocycles. The van der Waals surface area contributed by atoms with Crippen molar-refractivity contribution in [3.05, 3.63) is 53.8 Å². The van der Waals surface area contributed by atoms with Crippen LogP contribution in [0, 0.1) is 5.82 Å². The molecule has 0 aliphatic carbocycles. The van der Waals surface area contributed by atoms with Crippen molar-refractivity contribution in [1.29, 1.82) is 0 Å². The number of amides is 1. The van der Waals surface area contributed by atoms with E-state index in [9.17, 15) is 9.18 Å². The number of nitrogens with zero attached hydrogens (tertiary/aromatic N) is 1. The molecule has 0 atom stereocenters. The van der Waals surface area contributed by atoms with Crippen molar-refractivity contribution in [2.75, 3.05) is 5.32 Å². The number of phenolic OH excluding ortho intramolecular Hbond substituents is 1. The van der Waals surface area contributed by atoms with Crippen LogP contribution in [0.1, 0.15) is 10.4 Å². The number of anilines is 1. The smallest absolute Gasteiger partial charge is 0.259 e. The number of benzene rings is 2. The summed E-state index contributed by atoms with van der Waals surface area (Å²) in [6, 6.07) is 10.6. The van der Waals surface area contributed by atoms with Crippen LogP contribution in [0.4, 0.5) is 10.2 Å². The van der Waals surface area contributed by atoms with Gasteiger partial charge in [0.05, 0.1) is 11.1 Å². The molecular formula is C14H10FN3O2. The van der Waals surface area contributed by atoms with Crippen molar-refractivity contribution in [1.82, 2.24) is 10.2 Å². The summed E-state index contributed by atoms with van der Waals surface area (Å²) in [5.74, 6) is -1.32. The number of fused-ring (bicyclic) bond motifs is 1. The summed E-state index contributed by atoms with van der Waals surface area (Å²) in [6.45, 7) is 0. The van der Waals surface area contributed by atoms with Gasteiger partial charge in [-0.15, -0.1) is 0 Å². The number of aromatic nitrogens is 2. The van der Waals surface area contributed by atoms with E-state index >= 15 is 0 Å². The minimum atomic E-state index is -0.789. The number of aromatic amines is 1. The van der Waals surface area contributed by atoms with Crippen LogP contribution < -0.4 is 5.32 Å². The average Bonchev–Trinajstić information content (AvgIpc) is 2.82. The molecule has 6 heteroatoms. The zero-order valence-electron chi connectivity index (χ0n) is 10.2. The van der Waals surface area contributed by atoms with Crippen molar-refractivity contribution in [3.8, 4) is 5.75 Å². The van der Waals surface area contributed by atoms with E-state index in [1.165, 1.54) is 12.1 Å². The number of halogens is 1. The van der Waals surface area contributed by atoms with Crippen LogP contribution in [0.3, 0.4) is 0 Å². The number of carbonyl (C=O) groups excluding carboxylic acids is 1.